The van der Waals surface area contributed by atoms with Crippen LogP contribution in [0.2, 0.25) is 0 Å². The highest BCUT2D eigenvalue weighted by molar-refractivity contribution is 7.99. The van der Waals surface area contributed by atoms with E-state index in [4.69, 9.17) is 4.42 Å². The number of aliphatic hydroxyl groups is 1. The van der Waals surface area contributed by atoms with Crippen molar-refractivity contribution in [2.45, 2.75) is 38.7 Å². The lowest BCUT2D eigenvalue weighted by Gasteiger charge is -2.19. The normalized spacial score (nSPS) is 23.2. The highest BCUT2D eigenvalue weighted by Gasteiger charge is 2.17. The molecular formula is C12H19NO2S. The maximum absolute atomic E-state index is 9.25. The minimum atomic E-state index is -0.344. The Kier molecular flexibility index (Phi) is 4.29. The Hall–Kier alpha value is -0.480. The van der Waals surface area contributed by atoms with Gasteiger partial charge < -0.3 is 9.52 Å². The molecule has 0 bridgehead atoms. The molecule has 2 atom stereocenters. The van der Waals surface area contributed by atoms with E-state index in [1.807, 2.05) is 11.8 Å². The summed E-state index contributed by atoms with van der Waals surface area (Å²) < 4.78 is 5.44. The molecule has 16 heavy (non-hydrogen) atoms. The lowest BCUT2D eigenvalue weighted by molar-refractivity contribution is 0.194. The Morgan fingerprint density at radius 1 is 1.69 bits per heavy atom. The van der Waals surface area contributed by atoms with Crippen LogP contribution < -0.4 is 0 Å². The van der Waals surface area contributed by atoms with Gasteiger partial charge in [0.25, 0.3) is 0 Å². The first-order valence-corrected chi connectivity index (χ1v) is 7.08. The third-order valence-corrected chi connectivity index (χ3v) is 4.11. The van der Waals surface area contributed by atoms with Gasteiger partial charge in [-0.25, -0.2) is 4.98 Å². The molecule has 1 fully saturated rings. The maximum Gasteiger partial charge on any atom is 0.194 e. The third kappa shape index (κ3) is 3.52. The number of hydrogen-bond acceptors (Lipinski definition) is 4. The second-order valence-electron chi connectivity index (χ2n) is 4.57. The maximum atomic E-state index is 9.25. The van der Waals surface area contributed by atoms with Gasteiger partial charge in [0.05, 0.1) is 11.8 Å². The first-order chi connectivity index (χ1) is 7.74. The van der Waals surface area contributed by atoms with Crippen LogP contribution in [0.25, 0.3) is 0 Å². The highest BCUT2D eigenvalue weighted by Crippen LogP contribution is 2.25. The summed E-state index contributed by atoms with van der Waals surface area (Å²) in [6.07, 6.45) is 5.48. The average Bonchev–Trinajstić information content (AvgIpc) is 2.66. The summed E-state index contributed by atoms with van der Waals surface area (Å²) >= 11 is 2.03. The number of nitrogens with zero attached hydrogens (tertiary/aromatic N) is 1. The smallest absolute Gasteiger partial charge is 0.194 e. The highest BCUT2D eigenvalue weighted by atomic mass is 32.2. The Morgan fingerprint density at radius 2 is 2.56 bits per heavy atom. The molecule has 1 aliphatic rings. The van der Waals surface area contributed by atoms with Crippen LogP contribution in [0, 0.1) is 5.92 Å². The number of oxazole rings is 1. The minimum Gasteiger partial charge on any atom is -0.449 e. The van der Waals surface area contributed by atoms with Crippen LogP contribution in [0.4, 0.5) is 0 Å². The van der Waals surface area contributed by atoms with Crippen LogP contribution in [-0.4, -0.2) is 27.7 Å². The van der Waals surface area contributed by atoms with Gasteiger partial charge in [0.1, 0.15) is 6.26 Å². The molecule has 0 saturated carbocycles. The summed E-state index contributed by atoms with van der Waals surface area (Å²) in [5.41, 5.74) is 0.869. The summed E-state index contributed by atoms with van der Waals surface area (Å²) in [5.74, 6) is 4.09. The number of aliphatic hydroxyl groups excluding tert-OH is 1. The predicted octanol–water partition coefficient (Wildman–Crippen LogP) is 2.28. The van der Waals surface area contributed by atoms with E-state index < -0.39 is 0 Å². The second-order valence-corrected chi connectivity index (χ2v) is 5.72. The van der Waals surface area contributed by atoms with E-state index in [0.717, 1.165) is 23.9 Å². The van der Waals surface area contributed by atoms with Crippen LogP contribution in [0.1, 0.15) is 31.4 Å². The first kappa shape index (κ1) is 12.0. The SMILES string of the molecule is CC(O)Cc1coc(CC2CCCSC2)n1. The van der Waals surface area contributed by atoms with Crippen molar-refractivity contribution in [1.29, 1.82) is 0 Å². The summed E-state index contributed by atoms with van der Waals surface area (Å²) in [6, 6.07) is 0. The zero-order chi connectivity index (χ0) is 11.4. The fraction of sp³-hybridized carbons (Fsp3) is 0.750. The van der Waals surface area contributed by atoms with Gasteiger partial charge in [0, 0.05) is 12.8 Å². The molecule has 2 unspecified atom stereocenters. The quantitative estimate of drug-likeness (QED) is 0.878. The van der Waals surface area contributed by atoms with Crippen molar-refractivity contribution in [3.63, 3.8) is 0 Å². The number of hydrogen-bond donors (Lipinski definition) is 1. The summed E-state index contributed by atoms with van der Waals surface area (Å²) in [5, 5.41) is 9.25. The Labute approximate surface area is 101 Å². The number of thioether (sulfide) groups is 1. The molecule has 90 valence electrons. The van der Waals surface area contributed by atoms with Gasteiger partial charge in [0.15, 0.2) is 5.89 Å². The molecule has 1 N–H and O–H groups in total. The molecule has 3 nitrogen and oxygen atoms in total. The lowest BCUT2D eigenvalue weighted by atomic mass is 10.0. The fourth-order valence-corrected chi connectivity index (χ4v) is 3.21. The Morgan fingerprint density at radius 3 is 3.25 bits per heavy atom. The van der Waals surface area contributed by atoms with Crippen molar-refractivity contribution in [3.8, 4) is 0 Å². The standard InChI is InChI=1S/C12H19NO2S/c1-9(14)5-11-7-15-12(13-11)6-10-3-2-4-16-8-10/h7,9-10,14H,2-6,8H2,1H3. The first-order valence-electron chi connectivity index (χ1n) is 5.93. The van der Waals surface area contributed by atoms with Crippen LogP contribution in [0.5, 0.6) is 0 Å². The van der Waals surface area contributed by atoms with Crippen LogP contribution in [0.15, 0.2) is 10.7 Å². The molecule has 0 radical (unpaired) electrons. The molecular weight excluding hydrogens is 222 g/mol. The van der Waals surface area contributed by atoms with Crippen LogP contribution in [-0.2, 0) is 12.8 Å². The topological polar surface area (TPSA) is 46.3 Å². The third-order valence-electron chi connectivity index (χ3n) is 2.82. The van der Waals surface area contributed by atoms with Crippen LogP contribution >= 0.6 is 11.8 Å². The van der Waals surface area contributed by atoms with Gasteiger partial charge in [-0.05, 0) is 37.2 Å². The molecule has 1 saturated heterocycles. The van der Waals surface area contributed by atoms with Crippen molar-refractivity contribution >= 4 is 11.8 Å². The largest absolute Gasteiger partial charge is 0.449 e. The summed E-state index contributed by atoms with van der Waals surface area (Å²) in [4.78, 5) is 4.41. The van der Waals surface area contributed by atoms with Gasteiger partial charge in [0.2, 0.25) is 0 Å². The van der Waals surface area contributed by atoms with E-state index in [0.29, 0.717) is 6.42 Å². The fourth-order valence-electron chi connectivity index (χ4n) is 2.05. The predicted molar refractivity (Wildman–Crippen MR) is 65.6 cm³/mol. The average molecular weight is 241 g/mol. The van der Waals surface area contributed by atoms with Crippen molar-refractivity contribution in [2.75, 3.05) is 11.5 Å². The zero-order valence-electron chi connectivity index (χ0n) is 9.69. The van der Waals surface area contributed by atoms with E-state index in [2.05, 4.69) is 4.98 Å². The number of rotatable bonds is 4. The van der Waals surface area contributed by atoms with Crippen molar-refractivity contribution in [2.24, 2.45) is 5.92 Å². The van der Waals surface area contributed by atoms with Gasteiger partial charge in [-0.3, -0.25) is 0 Å². The van der Waals surface area contributed by atoms with Crippen molar-refractivity contribution < 1.29 is 9.52 Å². The molecule has 2 rings (SSSR count). The lowest BCUT2D eigenvalue weighted by Crippen LogP contribution is -2.13. The van der Waals surface area contributed by atoms with Crippen molar-refractivity contribution in [1.82, 2.24) is 4.98 Å². The molecule has 1 aromatic heterocycles. The van der Waals surface area contributed by atoms with Gasteiger partial charge >= 0.3 is 0 Å². The minimum absolute atomic E-state index is 0.344. The van der Waals surface area contributed by atoms with E-state index >= 15 is 0 Å². The molecule has 0 aromatic carbocycles. The molecule has 1 aromatic rings. The van der Waals surface area contributed by atoms with Crippen molar-refractivity contribution in [3.05, 3.63) is 17.8 Å². The molecule has 2 heterocycles. The van der Waals surface area contributed by atoms with E-state index in [1.54, 1.807) is 13.2 Å². The molecule has 1 aliphatic heterocycles. The van der Waals surface area contributed by atoms with E-state index in [1.165, 1.54) is 24.3 Å². The monoisotopic (exact) mass is 241 g/mol. The number of aromatic nitrogens is 1. The summed E-state index contributed by atoms with van der Waals surface area (Å²) in [7, 11) is 0. The molecule has 0 aliphatic carbocycles. The molecule has 4 heteroatoms. The molecule has 0 spiro atoms. The van der Waals surface area contributed by atoms with Gasteiger partial charge in [-0.15, -0.1) is 0 Å². The zero-order valence-corrected chi connectivity index (χ0v) is 10.5. The van der Waals surface area contributed by atoms with E-state index in [9.17, 15) is 5.11 Å². The van der Waals surface area contributed by atoms with Crippen LogP contribution in [0.3, 0.4) is 0 Å². The van der Waals surface area contributed by atoms with E-state index in [-0.39, 0.29) is 6.10 Å². The summed E-state index contributed by atoms with van der Waals surface area (Å²) in [6.45, 7) is 1.77. The molecule has 0 amide bonds. The second kappa shape index (κ2) is 5.73. The Balaban J connectivity index is 1.86. The van der Waals surface area contributed by atoms with Gasteiger partial charge in [-0.1, -0.05) is 0 Å². The van der Waals surface area contributed by atoms with Gasteiger partial charge in [-0.2, -0.15) is 11.8 Å². The Bertz CT molecular complexity index is 319.